The van der Waals surface area contributed by atoms with Crippen molar-refractivity contribution in [3.8, 4) is 17.2 Å². The minimum absolute atomic E-state index is 0.261. The molecule has 184 valence electrons. The molecule has 0 aliphatic rings. The van der Waals surface area contributed by atoms with Gasteiger partial charge in [0.1, 0.15) is 5.65 Å². The van der Waals surface area contributed by atoms with Gasteiger partial charge >= 0.3 is 0 Å². The van der Waals surface area contributed by atoms with Crippen LogP contribution in [0, 0.1) is 0 Å². The lowest BCUT2D eigenvalue weighted by molar-refractivity contribution is 0.324. The Morgan fingerprint density at radius 2 is 1.69 bits per heavy atom. The summed E-state index contributed by atoms with van der Waals surface area (Å²) < 4.78 is 44.9. The highest BCUT2D eigenvalue weighted by molar-refractivity contribution is 7.89. The summed E-state index contributed by atoms with van der Waals surface area (Å²) in [5.41, 5.74) is 1.97. The van der Waals surface area contributed by atoms with Gasteiger partial charge in [-0.15, -0.1) is 0 Å². The molecule has 0 radical (unpaired) electrons. The fraction of sp³-hybridized carbons (Fsp3) is 0.250. The molecule has 4 rings (SSSR count). The second-order valence-corrected chi connectivity index (χ2v) is 9.97. The Morgan fingerprint density at radius 1 is 1.00 bits per heavy atom. The van der Waals surface area contributed by atoms with E-state index in [9.17, 15) is 8.42 Å². The number of aromatic nitrogens is 3. The average Bonchev–Trinajstić information content (AvgIpc) is 3.25. The Morgan fingerprint density at radius 3 is 2.31 bits per heavy atom. The molecule has 11 heteroatoms. The van der Waals surface area contributed by atoms with Gasteiger partial charge in [-0.3, -0.25) is 0 Å². The van der Waals surface area contributed by atoms with Crippen LogP contribution in [0.25, 0.3) is 11.0 Å². The Hall–Kier alpha value is -3.83. The number of hydrogen-bond donors (Lipinski definition) is 1. The molecule has 2 aromatic heterocycles. The molecule has 0 atom stereocenters. The molecule has 0 saturated heterocycles. The molecule has 0 saturated carbocycles. The number of nitrogens with zero attached hydrogens (tertiary/aromatic N) is 4. The van der Waals surface area contributed by atoms with Crippen LogP contribution < -0.4 is 19.5 Å². The largest absolute Gasteiger partial charge is 0.493 e. The first-order chi connectivity index (χ1) is 16.8. The molecule has 0 bridgehead atoms. The highest BCUT2D eigenvalue weighted by Gasteiger charge is 2.21. The van der Waals surface area contributed by atoms with Gasteiger partial charge in [0.2, 0.25) is 21.7 Å². The van der Waals surface area contributed by atoms with Gasteiger partial charge in [-0.05, 0) is 17.7 Å². The number of ether oxygens (including phenoxy) is 3. The topological polar surface area (TPSA) is 108 Å². The van der Waals surface area contributed by atoms with Crippen molar-refractivity contribution in [1.82, 2.24) is 18.8 Å². The van der Waals surface area contributed by atoms with Crippen LogP contribution in [0.1, 0.15) is 5.56 Å². The van der Waals surface area contributed by atoms with Gasteiger partial charge in [0.05, 0.1) is 32.8 Å². The molecular weight excluding hydrogens is 470 g/mol. The van der Waals surface area contributed by atoms with E-state index in [1.165, 1.54) is 18.4 Å². The molecule has 0 amide bonds. The first kappa shape index (κ1) is 24.3. The SMILES string of the molecule is COc1cc(Nc2ncc3ccn(Cc4ccccc4S(=O)(=O)N(C)C)c3n2)cc(OC)c1OC. The third-order valence-corrected chi connectivity index (χ3v) is 7.41. The quantitative estimate of drug-likeness (QED) is 0.374. The maximum atomic E-state index is 12.8. The normalized spacial score (nSPS) is 11.6. The van der Waals surface area contributed by atoms with Gasteiger partial charge < -0.3 is 24.1 Å². The number of hydrogen-bond acceptors (Lipinski definition) is 8. The molecule has 4 aromatic rings. The van der Waals surface area contributed by atoms with Crippen LogP contribution in [0.5, 0.6) is 17.2 Å². The summed E-state index contributed by atoms with van der Waals surface area (Å²) in [5, 5.41) is 4.00. The van der Waals surface area contributed by atoms with Crippen LogP contribution in [0.15, 0.2) is 59.8 Å². The summed E-state index contributed by atoms with van der Waals surface area (Å²) in [6.07, 6.45) is 3.57. The Bertz CT molecular complexity index is 1440. The first-order valence-electron chi connectivity index (χ1n) is 10.7. The Labute approximate surface area is 204 Å². The van der Waals surface area contributed by atoms with Crippen molar-refractivity contribution < 1.29 is 22.6 Å². The third-order valence-electron chi connectivity index (χ3n) is 5.49. The van der Waals surface area contributed by atoms with Crippen LogP contribution >= 0.6 is 0 Å². The van der Waals surface area contributed by atoms with Gasteiger partial charge in [-0.1, -0.05) is 18.2 Å². The van der Waals surface area contributed by atoms with Crippen molar-refractivity contribution in [1.29, 1.82) is 0 Å². The third kappa shape index (κ3) is 4.73. The molecule has 0 aliphatic carbocycles. The minimum Gasteiger partial charge on any atom is -0.493 e. The molecule has 35 heavy (non-hydrogen) atoms. The number of anilines is 2. The van der Waals surface area contributed by atoms with E-state index in [4.69, 9.17) is 14.2 Å². The van der Waals surface area contributed by atoms with E-state index in [1.807, 2.05) is 22.9 Å². The number of sulfonamides is 1. The molecule has 0 aliphatic heterocycles. The van der Waals surface area contributed by atoms with E-state index in [0.717, 1.165) is 5.39 Å². The van der Waals surface area contributed by atoms with Crippen molar-refractivity contribution in [2.75, 3.05) is 40.7 Å². The number of rotatable bonds is 9. The van der Waals surface area contributed by atoms with Crippen molar-refractivity contribution >= 4 is 32.7 Å². The highest BCUT2D eigenvalue weighted by Crippen LogP contribution is 2.40. The number of nitrogens with one attached hydrogen (secondary N) is 1. The fourth-order valence-corrected chi connectivity index (χ4v) is 4.81. The van der Waals surface area contributed by atoms with E-state index in [-0.39, 0.29) is 4.90 Å². The van der Waals surface area contributed by atoms with Crippen LogP contribution in [0.4, 0.5) is 11.6 Å². The fourth-order valence-electron chi connectivity index (χ4n) is 3.71. The Balaban J connectivity index is 1.69. The highest BCUT2D eigenvalue weighted by atomic mass is 32.2. The van der Waals surface area contributed by atoms with Crippen LogP contribution in [-0.2, 0) is 16.6 Å². The summed E-state index contributed by atoms with van der Waals surface area (Å²) in [5.74, 6) is 1.84. The Kier molecular flexibility index (Phi) is 6.81. The van der Waals surface area contributed by atoms with Crippen LogP contribution in [-0.4, -0.2) is 62.7 Å². The van der Waals surface area contributed by atoms with E-state index < -0.39 is 10.0 Å². The summed E-state index contributed by atoms with van der Waals surface area (Å²) in [4.78, 5) is 9.34. The zero-order valence-electron chi connectivity index (χ0n) is 20.1. The lowest BCUT2D eigenvalue weighted by atomic mass is 10.2. The van der Waals surface area contributed by atoms with E-state index >= 15 is 0 Å². The van der Waals surface area contributed by atoms with Crippen molar-refractivity contribution in [3.05, 3.63) is 60.4 Å². The zero-order chi connectivity index (χ0) is 25.2. The number of methoxy groups -OCH3 is 3. The summed E-state index contributed by atoms with van der Waals surface area (Å²) in [6.45, 7) is 0.327. The zero-order valence-corrected chi connectivity index (χ0v) is 21.0. The van der Waals surface area contributed by atoms with Gasteiger partial charge in [0.25, 0.3) is 0 Å². The molecule has 2 aromatic carbocycles. The lowest BCUT2D eigenvalue weighted by Crippen LogP contribution is -2.23. The van der Waals surface area contributed by atoms with Gasteiger partial charge in [-0.25, -0.2) is 17.7 Å². The molecule has 2 heterocycles. The first-order valence-corrected chi connectivity index (χ1v) is 12.1. The molecule has 0 spiro atoms. The van der Waals surface area contributed by atoms with Gasteiger partial charge in [0, 0.05) is 49.7 Å². The van der Waals surface area contributed by atoms with E-state index in [0.29, 0.717) is 46.6 Å². The molecule has 0 fully saturated rings. The van der Waals surface area contributed by atoms with Crippen molar-refractivity contribution in [2.24, 2.45) is 0 Å². The monoisotopic (exact) mass is 497 g/mol. The summed E-state index contributed by atoms with van der Waals surface area (Å²) in [7, 11) is 4.08. The lowest BCUT2D eigenvalue weighted by Gasteiger charge is -2.16. The maximum Gasteiger partial charge on any atom is 0.242 e. The second-order valence-electron chi connectivity index (χ2n) is 7.85. The molecule has 1 N–H and O–H groups in total. The molecular formula is C24H27N5O5S. The number of benzene rings is 2. The summed E-state index contributed by atoms with van der Waals surface area (Å²) >= 11 is 0. The van der Waals surface area contributed by atoms with Crippen LogP contribution in [0.3, 0.4) is 0 Å². The predicted octanol–water partition coefficient (Wildman–Crippen LogP) is 3.50. The van der Waals surface area contributed by atoms with E-state index in [2.05, 4.69) is 15.3 Å². The maximum absolute atomic E-state index is 12.8. The average molecular weight is 498 g/mol. The smallest absolute Gasteiger partial charge is 0.242 e. The minimum atomic E-state index is -3.59. The molecule has 10 nitrogen and oxygen atoms in total. The van der Waals surface area contributed by atoms with Crippen molar-refractivity contribution in [3.63, 3.8) is 0 Å². The van der Waals surface area contributed by atoms with Crippen molar-refractivity contribution in [2.45, 2.75) is 11.4 Å². The number of fused-ring (bicyclic) bond motifs is 1. The van der Waals surface area contributed by atoms with Gasteiger partial charge in [-0.2, -0.15) is 4.98 Å². The molecule has 0 unspecified atom stereocenters. The van der Waals surface area contributed by atoms with Gasteiger partial charge in [0.15, 0.2) is 11.5 Å². The second kappa shape index (κ2) is 9.80. The predicted molar refractivity (Wildman–Crippen MR) is 133 cm³/mol. The van der Waals surface area contributed by atoms with E-state index in [1.54, 1.807) is 57.9 Å². The summed E-state index contributed by atoms with van der Waals surface area (Å²) in [6, 6.07) is 12.4. The standard InChI is InChI=1S/C24H27N5O5S/c1-28(2)35(30,31)21-9-7-6-8-17(21)15-29-11-10-16-14-25-24(27-23(16)29)26-18-12-19(32-3)22(34-5)20(13-18)33-4/h6-14H,15H2,1-5H3,(H,25,26,27). The van der Waals surface area contributed by atoms with Crippen LogP contribution in [0.2, 0.25) is 0 Å².